The van der Waals surface area contributed by atoms with E-state index in [1.165, 1.54) is 0 Å². The van der Waals surface area contributed by atoms with Crippen LogP contribution in [0.5, 0.6) is 0 Å². The maximum Gasteiger partial charge on any atom is 0.251 e. The van der Waals surface area contributed by atoms with Crippen molar-refractivity contribution in [1.29, 1.82) is 0 Å². The molecular weight excluding hydrogens is 299 g/mol. The average Bonchev–Trinajstić information content (AvgIpc) is 2.87. The van der Waals surface area contributed by atoms with Crippen molar-refractivity contribution in [3.8, 4) is 0 Å². The van der Waals surface area contributed by atoms with Crippen molar-refractivity contribution >= 4 is 41.8 Å². The van der Waals surface area contributed by atoms with Crippen LogP contribution in [0.4, 0.5) is 0 Å². The Morgan fingerprint density at radius 1 is 1.25 bits per heavy atom. The molecule has 110 valence electrons. The Bertz CT molecular complexity index is 566. The molecule has 2 aromatic rings. The number of aromatic amines is 1. The molecule has 1 aliphatic heterocycles. The summed E-state index contributed by atoms with van der Waals surface area (Å²) in [6, 6.07) is 5.83. The second-order valence-corrected chi connectivity index (χ2v) is 4.63. The maximum absolute atomic E-state index is 12.1. The van der Waals surface area contributed by atoms with Crippen LogP contribution in [-0.4, -0.2) is 35.0 Å². The molecule has 1 aromatic carbocycles. The number of fused-ring (bicyclic) bond motifs is 1. The molecule has 1 amide bonds. The van der Waals surface area contributed by atoms with Gasteiger partial charge in [-0.2, -0.15) is 0 Å². The van der Waals surface area contributed by atoms with E-state index < -0.39 is 0 Å². The maximum atomic E-state index is 12.1. The van der Waals surface area contributed by atoms with Crippen molar-refractivity contribution in [1.82, 2.24) is 20.6 Å². The lowest BCUT2D eigenvalue weighted by molar-refractivity contribution is 0.0929. The smallest absolute Gasteiger partial charge is 0.251 e. The zero-order chi connectivity index (χ0) is 12.4. The predicted molar refractivity (Wildman–Crippen MR) is 83.9 cm³/mol. The summed E-state index contributed by atoms with van der Waals surface area (Å²) in [6.07, 6.45) is 3.63. The molecule has 0 aliphatic carbocycles. The minimum Gasteiger partial charge on any atom is -0.349 e. The summed E-state index contributed by atoms with van der Waals surface area (Å²) < 4.78 is 0. The molecule has 5 nitrogen and oxygen atoms in total. The third-order valence-electron chi connectivity index (χ3n) is 3.36. The number of H-pyrrole nitrogens is 1. The van der Waals surface area contributed by atoms with Crippen LogP contribution in [0, 0.1) is 0 Å². The van der Waals surface area contributed by atoms with Gasteiger partial charge in [-0.25, -0.2) is 4.98 Å². The van der Waals surface area contributed by atoms with E-state index in [1.54, 1.807) is 6.33 Å². The van der Waals surface area contributed by atoms with Gasteiger partial charge in [0.15, 0.2) is 0 Å². The van der Waals surface area contributed by atoms with Crippen LogP contribution in [0.3, 0.4) is 0 Å². The van der Waals surface area contributed by atoms with Crippen molar-refractivity contribution in [3.63, 3.8) is 0 Å². The van der Waals surface area contributed by atoms with Crippen LogP contribution in [0.25, 0.3) is 11.0 Å². The Hall–Kier alpha value is -1.30. The average molecular weight is 317 g/mol. The summed E-state index contributed by atoms with van der Waals surface area (Å²) in [7, 11) is 0. The summed E-state index contributed by atoms with van der Waals surface area (Å²) in [5, 5.41) is 6.36. The molecule has 3 rings (SSSR count). The summed E-state index contributed by atoms with van der Waals surface area (Å²) in [5.74, 6) is -0.00759. The van der Waals surface area contributed by atoms with Gasteiger partial charge < -0.3 is 15.6 Å². The number of aromatic nitrogens is 2. The minimum absolute atomic E-state index is 0. The zero-order valence-corrected chi connectivity index (χ0v) is 12.5. The second kappa shape index (κ2) is 7.47. The Morgan fingerprint density at radius 3 is 2.75 bits per heavy atom. The number of hydrogen-bond donors (Lipinski definition) is 3. The third-order valence-corrected chi connectivity index (χ3v) is 3.36. The minimum atomic E-state index is -0.00759. The number of imidazole rings is 1. The Labute approximate surface area is 129 Å². The number of rotatable bonds is 2. The molecule has 2 heterocycles. The molecule has 0 spiro atoms. The van der Waals surface area contributed by atoms with Crippen LogP contribution >= 0.6 is 24.8 Å². The van der Waals surface area contributed by atoms with Crippen LogP contribution < -0.4 is 10.6 Å². The van der Waals surface area contributed by atoms with Gasteiger partial charge in [0.05, 0.1) is 17.4 Å². The number of benzene rings is 1. The summed E-state index contributed by atoms with van der Waals surface area (Å²) in [4.78, 5) is 19.3. The number of nitrogens with zero attached hydrogens (tertiary/aromatic N) is 1. The molecule has 0 bridgehead atoms. The summed E-state index contributed by atoms with van der Waals surface area (Å²) in [5.41, 5.74) is 2.45. The molecule has 1 fully saturated rings. The van der Waals surface area contributed by atoms with Gasteiger partial charge in [-0.15, -0.1) is 24.8 Å². The van der Waals surface area contributed by atoms with Gasteiger partial charge in [-0.05, 0) is 44.1 Å². The first-order valence-corrected chi connectivity index (χ1v) is 6.27. The highest BCUT2D eigenvalue weighted by atomic mass is 35.5. The van der Waals surface area contributed by atoms with Gasteiger partial charge in [0.2, 0.25) is 0 Å². The number of amides is 1. The Balaban J connectivity index is 0.000001000. The van der Waals surface area contributed by atoms with E-state index in [4.69, 9.17) is 0 Å². The number of carbonyl (C=O) groups excluding carboxylic acids is 1. The first-order chi connectivity index (χ1) is 8.83. The van der Waals surface area contributed by atoms with E-state index in [2.05, 4.69) is 20.6 Å². The predicted octanol–water partition coefficient (Wildman–Crippen LogP) is 1.89. The van der Waals surface area contributed by atoms with E-state index in [-0.39, 0.29) is 36.8 Å². The highest BCUT2D eigenvalue weighted by Gasteiger charge is 2.16. The van der Waals surface area contributed by atoms with Crippen molar-refractivity contribution < 1.29 is 4.79 Å². The largest absolute Gasteiger partial charge is 0.349 e. The Kier molecular flexibility index (Phi) is 6.26. The lowest BCUT2D eigenvalue weighted by Gasteiger charge is -2.23. The van der Waals surface area contributed by atoms with Gasteiger partial charge in [0, 0.05) is 11.6 Å². The van der Waals surface area contributed by atoms with Crippen LogP contribution in [0.15, 0.2) is 24.5 Å². The SMILES string of the molecule is Cl.Cl.O=C(NC1CCNCC1)c1ccc2[nH]cnc2c1. The first-order valence-electron chi connectivity index (χ1n) is 6.27. The van der Waals surface area contributed by atoms with Crippen LogP contribution in [-0.2, 0) is 0 Å². The summed E-state index contributed by atoms with van der Waals surface area (Å²) >= 11 is 0. The fourth-order valence-corrected chi connectivity index (χ4v) is 2.31. The topological polar surface area (TPSA) is 69.8 Å². The number of hydrogen-bond acceptors (Lipinski definition) is 3. The lowest BCUT2D eigenvalue weighted by Crippen LogP contribution is -2.42. The monoisotopic (exact) mass is 316 g/mol. The van der Waals surface area contributed by atoms with Crippen LogP contribution in [0.2, 0.25) is 0 Å². The molecule has 3 N–H and O–H groups in total. The molecule has 0 saturated carbocycles. The third kappa shape index (κ3) is 3.62. The van der Waals surface area contributed by atoms with Crippen molar-refractivity contribution in [2.24, 2.45) is 0 Å². The van der Waals surface area contributed by atoms with Gasteiger partial charge in [0.1, 0.15) is 0 Å². The van der Waals surface area contributed by atoms with Gasteiger partial charge in [-0.1, -0.05) is 0 Å². The lowest BCUT2D eigenvalue weighted by atomic mass is 10.1. The van der Waals surface area contributed by atoms with Crippen LogP contribution in [0.1, 0.15) is 23.2 Å². The van der Waals surface area contributed by atoms with Crippen molar-refractivity contribution in [2.45, 2.75) is 18.9 Å². The van der Waals surface area contributed by atoms with E-state index in [1.807, 2.05) is 18.2 Å². The zero-order valence-electron chi connectivity index (χ0n) is 10.9. The number of halogens is 2. The van der Waals surface area contributed by atoms with E-state index in [0.717, 1.165) is 37.0 Å². The van der Waals surface area contributed by atoms with E-state index in [9.17, 15) is 4.79 Å². The number of nitrogens with one attached hydrogen (secondary N) is 3. The summed E-state index contributed by atoms with van der Waals surface area (Å²) in [6.45, 7) is 1.95. The van der Waals surface area contributed by atoms with Gasteiger partial charge in [-0.3, -0.25) is 4.79 Å². The molecule has 0 atom stereocenters. The van der Waals surface area contributed by atoms with Crippen molar-refractivity contribution in [2.75, 3.05) is 13.1 Å². The van der Waals surface area contributed by atoms with E-state index in [0.29, 0.717) is 5.56 Å². The van der Waals surface area contributed by atoms with Crippen molar-refractivity contribution in [3.05, 3.63) is 30.1 Å². The fraction of sp³-hybridized carbons (Fsp3) is 0.385. The molecular formula is C13H18Cl2N4O. The molecule has 7 heteroatoms. The molecule has 1 aromatic heterocycles. The quantitative estimate of drug-likeness (QED) is 0.792. The van der Waals surface area contributed by atoms with E-state index >= 15 is 0 Å². The standard InChI is InChI=1S/C13H16N4O.2ClH/c18-13(17-10-3-5-14-6-4-10)9-1-2-11-12(7-9)16-8-15-11;;/h1-2,7-8,10,14H,3-6H2,(H,15,16)(H,17,18);2*1H. The number of piperidine rings is 1. The number of carbonyl (C=O) groups is 1. The molecule has 1 saturated heterocycles. The molecule has 0 unspecified atom stereocenters. The molecule has 0 radical (unpaired) electrons. The second-order valence-electron chi connectivity index (χ2n) is 4.63. The van der Waals surface area contributed by atoms with Gasteiger partial charge in [0.25, 0.3) is 5.91 Å². The molecule has 20 heavy (non-hydrogen) atoms. The van der Waals surface area contributed by atoms with Gasteiger partial charge >= 0.3 is 0 Å². The Morgan fingerprint density at radius 2 is 2.00 bits per heavy atom. The fourth-order valence-electron chi connectivity index (χ4n) is 2.31. The normalized spacial score (nSPS) is 15.2. The first kappa shape index (κ1) is 16.8. The highest BCUT2D eigenvalue weighted by molar-refractivity contribution is 5.97. The highest BCUT2D eigenvalue weighted by Crippen LogP contribution is 2.12. The molecule has 1 aliphatic rings.